The summed E-state index contributed by atoms with van der Waals surface area (Å²) in [5.74, 6) is -0.0711. The number of urea groups is 1. The number of nitrogens with one attached hydrogen (secondary N) is 1. The zero-order chi connectivity index (χ0) is 19.6. The topological polar surface area (TPSA) is 69.7 Å². The number of hydrogen-bond donors (Lipinski definition) is 1. The fraction of sp³-hybridized carbons (Fsp3) is 0.286. The maximum absolute atomic E-state index is 13.3. The number of thioether (sulfide) groups is 1. The highest BCUT2D eigenvalue weighted by atomic mass is 32.2. The smallest absolute Gasteiger partial charge is 0.323 e. The van der Waals surface area contributed by atoms with Gasteiger partial charge in [0.25, 0.3) is 11.8 Å². The van der Waals surface area contributed by atoms with Crippen LogP contribution in [-0.2, 0) is 21.0 Å². The van der Waals surface area contributed by atoms with Crippen LogP contribution in [0.5, 0.6) is 0 Å². The SMILES string of the molecule is Cc1ccc(CN2C(=O)[C@@H]3CS[C@]4(C(=O)Nc5ccc(C)cc54)N3C2=O)cc1. The van der Waals surface area contributed by atoms with E-state index in [2.05, 4.69) is 5.32 Å². The van der Waals surface area contributed by atoms with E-state index in [1.807, 2.05) is 56.3 Å². The zero-order valence-electron chi connectivity index (χ0n) is 15.6. The first-order valence-electron chi connectivity index (χ1n) is 9.18. The Morgan fingerprint density at radius 3 is 2.54 bits per heavy atom. The van der Waals surface area contributed by atoms with Crippen LogP contribution in [0.1, 0.15) is 22.3 Å². The van der Waals surface area contributed by atoms with E-state index < -0.39 is 16.9 Å². The molecule has 3 heterocycles. The van der Waals surface area contributed by atoms with Crippen molar-refractivity contribution in [2.75, 3.05) is 11.1 Å². The Labute approximate surface area is 166 Å². The molecule has 4 amide bonds. The van der Waals surface area contributed by atoms with Gasteiger partial charge in [-0.1, -0.05) is 47.5 Å². The number of carbonyl (C=O) groups is 3. The summed E-state index contributed by atoms with van der Waals surface area (Å²) < 4.78 is 0. The predicted octanol–water partition coefficient (Wildman–Crippen LogP) is 2.99. The molecule has 0 saturated carbocycles. The largest absolute Gasteiger partial charge is 0.329 e. The zero-order valence-corrected chi connectivity index (χ0v) is 16.4. The van der Waals surface area contributed by atoms with Gasteiger partial charge >= 0.3 is 6.03 Å². The van der Waals surface area contributed by atoms with Crippen molar-refractivity contribution in [3.8, 4) is 0 Å². The van der Waals surface area contributed by atoms with Crippen LogP contribution in [0.2, 0.25) is 0 Å². The molecule has 28 heavy (non-hydrogen) atoms. The van der Waals surface area contributed by atoms with Crippen LogP contribution in [0.25, 0.3) is 0 Å². The number of nitrogens with zero attached hydrogens (tertiary/aromatic N) is 2. The summed E-state index contributed by atoms with van der Waals surface area (Å²) in [4.78, 5) is 40.9. The van der Waals surface area contributed by atoms with Crippen LogP contribution in [0.3, 0.4) is 0 Å². The monoisotopic (exact) mass is 393 g/mol. The minimum absolute atomic E-state index is 0.216. The number of aryl methyl sites for hydroxylation is 2. The molecular weight excluding hydrogens is 374 g/mol. The van der Waals surface area contributed by atoms with Gasteiger partial charge in [-0.15, -0.1) is 11.8 Å². The molecule has 0 radical (unpaired) electrons. The second kappa shape index (κ2) is 5.85. The lowest BCUT2D eigenvalue weighted by Gasteiger charge is -2.31. The van der Waals surface area contributed by atoms with Crippen molar-refractivity contribution < 1.29 is 14.4 Å². The fourth-order valence-corrected chi connectivity index (χ4v) is 5.74. The van der Waals surface area contributed by atoms with Crippen LogP contribution in [0, 0.1) is 13.8 Å². The average molecular weight is 393 g/mol. The molecule has 6 nitrogen and oxygen atoms in total. The third kappa shape index (κ3) is 2.19. The highest BCUT2D eigenvalue weighted by Crippen LogP contribution is 2.56. The highest BCUT2D eigenvalue weighted by molar-refractivity contribution is 8.01. The van der Waals surface area contributed by atoms with Gasteiger partial charge in [0.05, 0.1) is 6.54 Å². The molecule has 0 unspecified atom stereocenters. The molecule has 0 bridgehead atoms. The van der Waals surface area contributed by atoms with Gasteiger partial charge in [0.15, 0.2) is 4.87 Å². The quantitative estimate of drug-likeness (QED) is 0.797. The molecule has 0 aromatic heterocycles. The summed E-state index contributed by atoms with van der Waals surface area (Å²) in [5.41, 5.74) is 4.49. The summed E-state index contributed by atoms with van der Waals surface area (Å²) in [6.07, 6.45) is 0. The molecule has 2 atom stereocenters. The van der Waals surface area contributed by atoms with Gasteiger partial charge in [0, 0.05) is 17.0 Å². The van der Waals surface area contributed by atoms with Gasteiger partial charge in [-0.2, -0.15) is 0 Å². The standard InChI is InChI=1S/C21H19N3O3S/c1-12-3-6-14(7-4-12)10-23-18(25)17-11-28-21(24(17)20(23)27)15-9-13(2)5-8-16(15)22-19(21)26/h3-9,17H,10-11H2,1-2H3,(H,22,26)/t17-,21+/m0/s1. The van der Waals surface area contributed by atoms with Crippen LogP contribution < -0.4 is 5.32 Å². The molecule has 1 N–H and O–H groups in total. The minimum Gasteiger partial charge on any atom is -0.323 e. The van der Waals surface area contributed by atoms with E-state index in [4.69, 9.17) is 0 Å². The van der Waals surface area contributed by atoms with Gasteiger partial charge in [0.1, 0.15) is 6.04 Å². The number of rotatable bonds is 2. The highest BCUT2D eigenvalue weighted by Gasteiger charge is 2.66. The van der Waals surface area contributed by atoms with Crippen LogP contribution in [-0.4, -0.2) is 39.4 Å². The maximum atomic E-state index is 13.3. The average Bonchev–Trinajstić information content (AvgIpc) is 3.27. The van der Waals surface area contributed by atoms with Crippen molar-refractivity contribution >= 4 is 35.3 Å². The van der Waals surface area contributed by atoms with Gasteiger partial charge in [-0.3, -0.25) is 19.4 Å². The van der Waals surface area contributed by atoms with Crippen LogP contribution in [0.4, 0.5) is 10.5 Å². The molecule has 5 rings (SSSR count). The Morgan fingerprint density at radius 1 is 1.07 bits per heavy atom. The maximum Gasteiger partial charge on any atom is 0.329 e. The van der Waals surface area contributed by atoms with E-state index in [-0.39, 0.29) is 18.4 Å². The Balaban J connectivity index is 1.54. The molecule has 1 spiro atoms. The Morgan fingerprint density at radius 2 is 1.79 bits per heavy atom. The summed E-state index contributed by atoms with van der Waals surface area (Å²) in [5, 5.41) is 2.89. The summed E-state index contributed by atoms with van der Waals surface area (Å²) in [7, 11) is 0. The molecule has 3 aliphatic rings. The number of imide groups is 1. The van der Waals surface area contributed by atoms with E-state index >= 15 is 0 Å². The Kier molecular flexibility index (Phi) is 3.61. The first-order chi connectivity index (χ1) is 13.4. The fourth-order valence-electron chi connectivity index (χ4n) is 4.20. The van der Waals surface area contributed by atoms with Crippen molar-refractivity contribution in [2.24, 2.45) is 0 Å². The second-order valence-corrected chi connectivity index (χ2v) is 8.75. The number of carbonyl (C=O) groups excluding carboxylic acids is 3. The van der Waals surface area contributed by atoms with Crippen molar-refractivity contribution in [3.63, 3.8) is 0 Å². The molecule has 3 aliphatic heterocycles. The molecular formula is C21H19N3O3S. The first-order valence-corrected chi connectivity index (χ1v) is 10.2. The van der Waals surface area contributed by atoms with Gasteiger partial charge in [0.2, 0.25) is 0 Å². The van der Waals surface area contributed by atoms with Crippen molar-refractivity contribution in [1.82, 2.24) is 9.80 Å². The number of fused-ring (bicyclic) bond motifs is 4. The molecule has 2 fully saturated rings. The molecule has 0 aliphatic carbocycles. The lowest BCUT2D eigenvalue weighted by atomic mass is 10.0. The normalized spacial score (nSPS) is 25.5. The van der Waals surface area contributed by atoms with E-state index in [1.54, 1.807) is 0 Å². The third-order valence-corrected chi connectivity index (χ3v) is 7.15. The van der Waals surface area contributed by atoms with E-state index in [1.165, 1.54) is 21.6 Å². The number of hydrogen-bond acceptors (Lipinski definition) is 4. The molecule has 2 aromatic rings. The lowest BCUT2D eigenvalue weighted by Crippen LogP contribution is -2.49. The Hall–Kier alpha value is -2.80. The second-order valence-electron chi connectivity index (χ2n) is 7.54. The molecule has 7 heteroatoms. The van der Waals surface area contributed by atoms with Crippen molar-refractivity contribution in [2.45, 2.75) is 31.3 Å². The first kappa shape index (κ1) is 17.3. The van der Waals surface area contributed by atoms with Crippen LogP contribution in [0.15, 0.2) is 42.5 Å². The summed E-state index contributed by atoms with van der Waals surface area (Å²) in [6.45, 7) is 4.16. The van der Waals surface area contributed by atoms with Crippen molar-refractivity contribution in [3.05, 3.63) is 64.7 Å². The van der Waals surface area contributed by atoms with E-state index in [0.29, 0.717) is 11.4 Å². The molecule has 142 valence electrons. The Bertz CT molecular complexity index is 1040. The van der Waals surface area contributed by atoms with Gasteiger partial charge in [-0.05, 0) is 25.5 Å². The summed E-state index contributed by atoms with van der Waals surface area (Å²) in [6, 6.07) is 12.5. The number of amides is 4. The number of anilines is 1. The predicted molar refractivity (Wildman–Crippen MR) is 107 cm³/mol. The number of benzene rings is 2. The third-order valence-electron chi connectivity index (χ3n) is 5.65. The summed E-state index contributed by atoms with van der Waals surface area (Å²) >= 11 is 1.37. The van der Waals surface area contributed by atoms with Gasteiger partial charge in [-0.25, -0.2) is 4.79 Å². The van der Waals surface area contributed by atoms with Gasteiger partial charge < -0.3 is 5.32 Å². The minimum atomic E-state index is -1.17. The lowest BCUT2D eigenvalue weighted by molar-refractivity contribution is -0.128. The van der Waals surface area contributed by atoms with Crippen LogP contribution >= 0.6 is 11.8 Å². The van der Waals surface area contributed by atoms with E-state index in [0.717, 1.165) is 22.3 Å². The van der Waals surface area contributed by atoms with Crippen molar-refractivity contribution in [1.29, 1.82) is 0 Å². The van der Waals surface area contributed by atoms with E-state index in [9.17, 15) is 14.4 Å². The molecule has 2 aromatic carbocycles. The molecule has 2 saturated heterocycles.